The van der Waals surface area contributed by atoms with Crippen LogP contribution in [0.15, 0.2) is 12.5 Å². The summed E-state index contributed by atoms with van der Waals surface area (Å²) in [5.41, 5.74) is 0. The van der Waals surface area contributed by atoms with Crippen LogP contribution in [0.2, 0.25) is 0 Å². The van der Waals surface area contributed by atoms with Gasteiger partial charge in [0.1, 0.15) is 5.82 Å². The number of imidazole rings is 1. The Labute approximate surface area is 71.5 Å². The van der Waals surface area contributed by atoms with E-state index in [-0.39, 0.29) is 0 Å². The highest BCUT2D eigenvalue weighted by molar-refractivity contribution is 7.92. The second-order valence-electron chi connectivity index (χ2n) is 2.44. The molecule has 1 N–H and O–H groups in total. The molecule has 12 heavy (non-hydrogen) atoms. The van der Waals surface area contributed by atoms with Gasteiger partial charge in [0.2, 0.25) is 10.0 Å². The van der Waals surface area contributed by atoms with E-state index in [2.05, 4.69) is 9.71 Å². The van der Waals surface area contributed by atoms with E-state index >= 15 is 0 Å². The first kappa shape index (κ1) is 9.05. The second-order valence-corrected chi connectivity index (χ2v) is 4.19. The number of anilines is 1. The summed E-state index contributed by atoms with van der Waals surface area (Å²) in [6.07, 6.45) is 4.16. The molecule has 0 fully saturated rings. The lowest BCUT2D eigenvalue weighted by Gasteiger charge is -2.05. The van der Waals surface area contributed by atoms with Gasteiger partial charge in [-0.15, -0.1) is 0 Å². The van der Waals surface area contributed by atoms with Crippen molar-refractivity contribution in [2.45, 2.75) is 13.5 Å². The van der Waals surface area contributed by atoms with Crippen LogP contribution in [0.25, 0.3) is 0 Å². The molecule has 0 aromatic carbocycles. The average Bonchev–Trinajstić information content (AvgIpc) is 2.31. The maximum Gasteiger partial charge on any atom is 0.230 e. The molecule has 0 aliphatic rings. The summed E-state index contributed by atoms with van der Waals surface area (Å²) < 4.78 is 25.7. The van der Waals surface area contributed by atoms with Crippen molar-refractivity contribution in [1.82, 2.24) is 9.55 Å². The van der Waals surface area contributed by atoms with Crippen molar-refractivity contribution in [1.29, 1.82) is 0 Å². The first-order valence-electron chi connectivity index (χ1n) is 3.51. The molecule has 1 rings (SSSR count). The fraction of sp³-hybridized carbons (Fsp3) is 0.500. The van der Waals surface area contributed by atoms with Gasteiger partial charge in [-0.05, 0) is 6.92 Å². The molecule has 0 bridgehead atoms. The predicted octanol–water partition coefficient (Wildman–Crippen LogP) is 0.274. The number of hydrogen-bond acceptors (Lipinski definition) is 3. The van der Waals surface area contributed by atoms with E-state index in [4.69, 9.17) is 0 Å². The molecule has 68 valence electrons. The molecule has 1 heterocycles. The Balaban J connectivity index is 2.89. The summed E-state index contributed by atoms with van der Waals surface area (Å²) in [6, 6.07) is 0. The second kappa shape index (κ2) is 3.14. The van der Waals surface area contributed by atoms with Crippen LogP contribution in [0, 0.1) is 0 Å². The van der Waals surface area contributed by atoms with Crippen molar-refractivity contribution in [2.75, 3.05) is 11.0 Å². The highest BCUT2D eigenvalue weighted by Crippen LogP contribution is 2.06. The van der Waals surface area contributed by atoms with Crippen LogP contribution in [0.4, 0.5) is 5.82 Å². The maximum absolute atomic E-state index is 10.8. The quantitative estimate of drug-likeness (QED) is 0.742. The largest absolute Gasteiger partial charge is 0.317 e. The third-order valence-electron chi connectivity index (χ3n) is 1.34. The molecule has 0 radical (unpaired) electrons. The van der Waals surface area contributed by atoms with Crippen LogP contribution < -0.4 is 4.72 Å². The molecule has 0 spiro atoms. The molecular weight excluding hydrogens is 178 g/mol. The fourth-order valence-electron chi connectivity index (χ4n) is 0.848. The van der Waals surface area contributed by atoms with E-state index < -0.39 is 10.0 Å². The molecule has 0 unspecified atom stereocenters. The summed E-state index contributed by atoms with van der Waals surface area (Å²) >= 11 is 0. The Morgan fingerprint density at radius 2 is 2.33 bits per heavy atom. The number of nitrogens with zero attached hydrogens (tertiary/aromatic N) is 2. The van der Waals surface area contributed by atoms with E-state index in [9.17, 15) is 8.42 Å². The molecule has 0 atom stereocenters. The Kier molecular flexibility index (Phi) is 2.37. The van der Waals surface area contributed by atoms with Crippen molar-refractivity contribution in [3.05, 3.63) is 12.5 Å². The molecule has 0 amide bonds. The molecule has 0 aliphatic carbocycles. The van der Waals surface area contributed by atoms with Crippen molar-refractivity contribution in [3.8, 4) is 0 Å². The first-order valence-corrected chi connectivity index (χ1v) is 5.40. The standard InChI is InChI=1S/C6H11N3O2S/c1-3-9-5-7-4-6(9)8-12(2,10)11/h4-5,8H,3H2,1-2H3. The topological polar surface area (TPSA) is 64.0 Å². The van der Waals surface area contributed by atoms with Gasteiger partial charge in [0.15, 0.2) is 0 Å². The van der Waals surface area contributed by atoms with Crippen molar-refractivity contribution in [3.63, 3.8) is 0 Å². The first-order chi connectivity index (χ1) is 5.53. The fourth-order valence-corrected chi connectivity index (χ4v) is 1.40. The third-order valence-corrected chi connectivity index (χ3v) is 1.92. The van der Waals surface area contributed by atoms with E-state index in [1.807, 2.05) is 6.92 Å². The Hall–Kier alpha value is -1.04. The zero-order valence-electron chi connectivity index (χ0n) is 6.98. The van der Waals surface area contributed by atoms with Crippen LogP contribution in [-0.4, -0.2) is 24.2 Å². The zero-order valence-corrected chi connectivity index (χ0v) is 7.80. The highest BCUT2D eigenvalue weighted by Gasteiger charge is 2.05. The van der Waals surface area contributed by atoms with Crippen LogP contribution in [0.1, 0.15) is 6.92 Å². The number of nitrogens with one attached hydrogen (secondary N) is 1. The molecule has 6 heteroatoms. The summed E-state index contributed by atoms with van der Waals surface area (Å²) in [5, 5.41) is 0. The number of hydrogen-bond donors (Lipinski definition) is 1. The number of rotatable bonds is 3. The lowest BCUT2D eigenvalue weighted by molar-refractivity contribution is 0.606. The van der Waals surface area contributed by atoms with Gasteiger partial charge in [-0.1, -0.05) is 0 Å². The summed E-state index contributed by atoms with van der Waals surface area (Å²) in [7, 11) is -3.19. The van der Waals surface area contributed by atoms with E-state index in [0.717, 1.165) is 6.26 Å². The lowest BCUT2D eigenvalue weighted by atomic mass is 10.7. The third kappa shape index (κ3) is 2.23. The predicted molar refractivity (Wildman–Crippen MR) is 46.4 cm³/mol. The normalized spacial score (nSPS) is 11.5. The minimum Gasteiger partial charge on any atom is -0.317 e. The van der Waals surface area contributed by atoms with Gasteiger partial charge in [-0.2, -0.15) is 0 Å². The van der Waals surface area contributed by atoms with Crippen LogP contribution in [0.3, 0.4) is 0 Å². The Morgan fingerprint density at radius 3 is 2.83 bits per heavy atom. The van der Waals surface area contributed by atoms with Gasteiger partial charge in [0.25, 0.3) is 0 Å². The van der Waals surface area contributed by atoms with Crippen LogP contribution >= 0.6 is 0 Å². The Bertz CT molecular complexity index is 355. The van der Waals surface area contributed by atoms with Gasteiger partial charge in [0, 0.05) is 6.54 Å². The van der Waals surface area contributed by atoms with E-state index in [1.165, 1.54) is 6.20 Å². The van der Waals surface area contributed by atoms with Gasteiger partial charge in [0.05, 0.1) is 18.8 Å². The lowest BCUT2D eigenvalue weighted by Crippen LogP contribution is -2.12. The summed E-state index contributed by atoms with van der Waals surface area (Å²) in [4.78, 5) is 3.81. The van der Waals surface area contributed by atoms with Gasteiger partial charge in [-0.3, -0.25) is 4.72 Å². The van der Waals surface area contributed by atoms with E-state index in [1.54, 1.807) is 10.9 Å². The minimum absolute atomic E-state index is 0.500. The Morgan fingerprint density at radius 1 is 1.67 bits per heavy atom. The molecule has 0 aliphatic heterocycles. The van der Waals surface area contributed by atoms with Gasteiger partial charge < -0.3 is 4.57 Å². The van der Waals surface area contributed by atoms with Gasteiger partial charge in [-0.25, -0.2) is 13.4 Å². The number of aromatic nitrogens is 2. The minimum atomic E-state index is -3.19. The molecular formula is C6H11N3O2S. The number of aryl methyl sites for hydroxylation is 1. The van der Waals surface area contributed by atoms with Crippen molar-refractivity contribution in [2.24, 2.45) is 0 Å². The smallest absolute Gasteiger partial charge is 0.230 e. The molecule has 5 nitrogen and oxygen atoms in total. The van der Waals surface area contributed by atoms with Crippen molar-refractivity contribution < 1.29 is 8.42 Å². The molecule has 0 saturated heterocycles. The monoisotopic (exact) mass is 189 g/mol. The molecule has 1 aromatic rings. The highest BCUT2D eigenvalue weighted by atomic mass is 32.2. The van der Waals surface area contributed by atoms with Crippen molar-refractivity contribution >= 4 is 15.8 Å². The molecule has 1 aromatic heterocycles. The average molecular weight is 189 g/mol. The van der Waals surface area contributed by atoms with Crippen LogP contribution in [-0.2, 0) is 16.6 Å². The summed E-state index contributed by atoms with van der Waals surface area (Å²) in [6.45, 7) is 2.60. The maximum atomic E-state index is 10.8. The SMILES string of the molecule is CCn1cncc1NS(C)(=O)=O. The van der Waals surface area contributed by atoms with Crippen LogP contribution in [0.5, 0.6) is 0 Å². The van der Waals surface area contributed by atoms with Gasteiger partial charge >= 0.3 is 0 Å². The molecule has 0 saturated carbocycles. The zero-order chi connectivity index (χ0) is 9.19. The van der Waals surface area contributed by atoms with E-state index in [0.29, 0.717) is 12.4 Å². The summed E-state index contributed by atoms with van der Waals surface area (Å²) in [5.74, 6) is 0.500. The number of sulfonamides is 1.